The first kappa shape index (κ1) is 16.5. The minimum atomic E-state index is -0.259. The summed E-state index contributed by atoms with van der Waals surface area (Å²) < 4.78 is 1.34. The van der Waals surface area contributed by atoms with Crippen molar-refractivity contribution in [1.82, 2.24) is 0 Å². The number of thioether (sulfide) groups is 1. The highest BCUT2D eigenvalue weighted by Gasteiger charge is 2.41. The SMILES string of the molecule is CN1C(=O)/C(=C2\SC(=S)N(c3ccc(Br)cc3)C2=O)c2ccccc21. The van der Waals surface area contributed by atoms with Crippen LogP contribution in [-0.4, -0.2) is 23.2 Å². The van der Waals surface area contributed by atoms with Crippen molar-refractivity contribution in [3.05, 3.63) is 63.5 Å². The molecule has 1 saturated heterocycles. The number of hydrogen-bond donors (Lipinski definition) is 0. The lowest BCUT2D eigenvalue weighted by Gasteiger charge is -2.14. The molecule has 0 unspecified atom stereocenters. The van der Waals surface area contributed by atoms with E-state index in [2.05, 4.69) is 15.9 Å². The number of thiocarbonyl (C=S) groups is 1. The third-order valence-corrected chi connectivity index (χ3v) is 6.04. The van der Waals surface area contributed by atoms with Crippen molar-refractivity contribution in [2.45, 2.75) is 0 Å². The Labute approximate surface area is 162 Å². The molecular formula is C18H11BrN2O2S2. The summed E-state index contributed by atoms with van der Waals surface area (Å²) in [4.78, 5) is 29.2. The molecule has 0 aromatic heterocycles. The first-order valence-corrected chi connectivity index (χ1v) is 9.44. The van der Waals surface area contributed by atoms with Gasteiger partial charge in [0.1, 0.15) is 0 Å². The molecule has 124 valence electrons. The van der Waals surface area contributed by atoms with E-state index in [-0.39, 0.29) is 11.8 Å². The van der Waals surface area contributed by atoms with E-state index in [1.165, 1.54) is 16.7 Å². The second kappa shape index (κ2) is 6.09. The molecule has 7 heteroatoms. The predicted molar refractivity (Wildman–Crippen MR) is 109 cm³/mol. The molecule has 1 fully saturated rings. The Morgan fingerprint density at radius 3 is 2.40 bits per heavy atom. The van der Waals surface area contributed by atoms with Crippen LogP contribution in [0.2, 0.25) is 0 Å². The van der Waals surface area contributed by atoms with Crippen molar-refractivity contribution in [2.75, 3.05) is 16.8 Å². The summed E-state index contributed by atoms with van der Waals surface area (Å²) in [7, 11) is 1.71. The average Bonchev–Trinajstić information content (AvgIpc) is 3.03. The summed E-state index contributed by atoms with van der Waals surface area (Å²) >= 11 is 9.97. The fourth-order valence-electron chi connectivity index (χ4n) is 2.92. The zero-order valence-corrected chi connectivity index (χ0v) is 16.2. The monoisotopic (exact) mass is 430 g/mol. The van der Waals surface area contributed by atoms with Crippen LogP contribution in [0.4, 0.5) is 11.4 Å². The second-order valence-electron chi connectivity index (χ2n) is 5.57. The average molecular weight is 431 g/mol. The number of likely N-dealkylation sites (N-methyl/N-ethyl adjacent to an activating group) is 1. The molecule has 0 bridgehead atoms. The molecule has 0 spiro atoms. The van der Waals surface area contributed by atoms with Crippen molar-refractivity contribution in [1.29, 1.82) is 0 Å². The van der Waals surface area contributed by atoms with E-state index < -0.39 is 0 Å². The molecule has 2 aromatic carbocycles. The highest BCUT2D eigenvalue weighted by molar-refractivity contribution is 9.10. The molecule has 0 radical (unpaired) electrons. The van der Waals surface area contributed by atoms with Crippen LogP contribution >= 0.6 is 39.9 Å². The zero-order valence-electron chi connectivity index (χ0n) is 13.0. The van der Waals surface area contributed by atoms with E-state index >= 15 is 0 Å². The molecule has 25 heavy (non-hydrogen) atoms. The maximum absolute atomic E-state index is 13.0. The Balaban J connectivity index is 1.84. The third-order valence-electron chi connectivity index (χ3n) is 4.13. The summed E-state index contributed by atoms with van der Waals surface area (Å²) in [6, 6.07) is 14.8. The lowest BCUT2D eigenvalue weighted by Crippen LogP contribution is -2.28. The molecule has 4 nitrogen and oxygen atoms in total. The highest BCUT2D eigenvalue weighted by atomic mass is 79.9. The first-order chi connectivity index (χ1) is 12.0. The molecule has 2 aromatic rings. The number of nitrogens with zero attached hydrogens (tertiary/aromatic N) is 2. The van der Waals surface area contributed by atoms with Crippen molar-refractivity contribution in [3.8, 4) is 0 Å². The van der Waals surface area contributed by atoms with Crippen LogP contribution in [0.3, 0.4) is 0 Å². The first-order valence-electron chi connectivity index (χ1n) is 7.42. The number of amides is 2. The van der Waals surface area contributed by atoms with E-state index in [1.807, 2.05) is 48.5 Å². The molecule has 4 rings (SSSR count). The normalized spacial score (nSPS) is 19.8. The summed E-state index contributed by atoms with van der Waals surface area (Å²) in [5.74, 6) is -0.441. The van der Waals surface area contributed by atoms with Crippen LogP contribution in [0.5, 0.6) is 0 Å². The number of carbonyl (C=O) groups excluding carboxylic acids is 2. The van der Waals surface area contributed by atoms with Gasteiger partial charge in [0.25, 0.3) is 11.8 Å². The number of rotatable bonds is 1. The van der Waals surface area contributed by atoms with Gasteiger partial charge < -0.3 is 4.90 Å². The van der Waals surface area contributed by atoms with Gasteiger partial charge in [-0.3, -0.25) is 14.5 Å². The Morgan fingerprint density at radius 1 is 1.00 bits per heavy atom. The van der Waals surface area contributed by atoms with Gasteiger partial charge in [-0.2, -0.15) is 0 Å². The maximum atomic E-state index is 13.0. The standard InChI is InChI=1S/C18H11BrN2O2S2/c1-20-13-5-3-2-4-12(13)14(16(20)22)15-17(23)21(18(24)25-15)11-8-6-10(19)7-9-11/h2-9H,1H3/b15-14-. The van der Waals surface area contributed by atoms with E-state index in [1.54, 1.807) is 11.9 Å². The second-order valence-corrected chi connectivity index (χ2v) is 8.13. The molecule has 0 N–H and O–H groups in total. The minimum absolute atomic E-state index is 0.183. The van der Waals surface area contributed by atoms with Crippen LogP contribution < -0.4 is 9.80 Å². The van der Waals surface area contributed by atoms with Crippen LogP contribution in [-0.2, 0) is 9.59 Å². The predicted octanol–water partition coefficient (Wildman–Crippen LogP) is 4.20. The number of para-hydroxylation sites is 1. The van der Waals surface area contributed by atoms with Crippen LogP contribution in [0.25, 0.3) is 5.57 Å². The third kappa shape index (κ3) is 2.54. The van der Waals surface area contributed by atoms with Crippen LogP contribution in [0, 0.1) is 0 Å². The quantitative estimate of drug-likeness (QED) is 0.501. The number of anilines is 2. The van der Waals surface area contributed by atoms with E-state index in [4.69, 9.17) is 12.2 Å². The Bertz CT molecular complexity index is 969. The number of carbonyl (C=O) groups is 2. The molecule has 0 saturated carbocycles. The van der Waals surface area contributed by atoms with Crippen molar-refractivity contribution in [2.24, 2.45) is 0 Å². The number of fused-ring (bicyclic) bond motifs is 1. The van der Waals surface area contributed by atoms with Gasteiger partial charge in [-0.1, -0.05) is 58.1 Å². The van der Waals surface area contributed by atoms with Gasteiger partial charge in [-0.25, -0.2) is 0 Å². The van der Waals surface area contributed by atoms with Crippen LogP contribution in [0.15, 0.2) is 57.9 Å². The molecule has 0 atom stereocenters. The molecule has 2 aliphatic heterocycles. The summed E-state index contributed by atoms with van der Waals surface area (Å²) in [6.45, 7) is 0. The molecule has 2 amide bonds. The Hall–Kier alpha value is -1.96. The fraction of sp³-hybridized carbons (Fsp3) is 0.0556. The van der Waals surface area contributed by atoms with Gasteiger partial charge >= 0.3 is 0 Å². The fourth-order valence-corrected chi connectivity index (χ4v) is 4.56. The summed E-state index contributed by atoms with van der Waals surface area (Å²) in [5, 5.41) is 0. The van der Waals surface area contributed by atoms with Gasteiger partial charge in [-0.15, -0.1) is 0 Å². The zero-order chi connectivity index (χ0) is 17.7. The van der Waals surface area contributed by atoms with Crippen molar-refractivity contribution >= 4 is 73.0 Å². The lowest BCUT2D eigenvalue weighted by molar-refractivity contribution is -0.115. The van der Waals surface area contributed by atoms with Crippen molar-refractivity contribution < 1.29 is 9.59 Å². The Morgan fingerprint density at radius 2 is 1.68 bits per heavy atom. The molecule has 2 aliphatic rings. The molecule has 0 aliphatic carbocycles. The molecular weight excluding hydrogens is 420 g/mol. The Kier molecular flexibility index (Phi) is 4.02. The largest absolute Gasteiger partial charge is 0.311 e. The lowest BCUT2D eigenvalue weighted by atomic mass is 10.1. The van der Waals surface area contributed by atoms with Gasteiger partial charge in [0, 0.05) is 17.1 Å². The topological polar surface area (TPSA) is 40.6 Å². The maximum Gasteiger partial charge on any atom is 0.271 e. The van der Waals surface area contributed by atoms with Gasteiger partial charge in [0.15, 0.2) is 4.32 Å². The minimum Gasteiger partial charge on any atom is -0.311 e. The van der Waals surface area contributed by atoms with E-state index in [0.29, 0.717) is 20.5 Å². The number of benzene rings is 2. The van der Waals surface area contributed by atoms with Crippen LogP contribution in [0.1, 0.15) is 5.56 Å². The highest BCUT2D eigenvalue weighted by Crippen LogP contribution is 2.45. The summed E-state index contributed by atoms with van der Waals surface area (Å²) in [6.07, 6.45) is 0. The number of halogens is 1. The van der Waals surface area contributed by atoms with E-state index in [0.717, 1.165) is 15.7 Å². The summed E-state index contributed by atoms with van der Waals surface area (Å²) in [5.41, 5.74) is 2.69. The van der Waals surface area contributed by atoms with Gasteiger partial charge in [-0.05, 0) is 30.3 Å². The van der Waals surface area contributed by atoms with Gasteiger partial charge in [0.05, 0.1) is 21.9 Å². The van der Waals surface area contributed by atoms with E-state index in [9.17, 15) is 9.59 Å². The van der Waals surface area contributed by atoms with Crippen molar-refractivity contribution in [3.63, 3.8) is 0 Å². The molecule has 2 heterocycles. The number of hydrogen-bond acceptors (Lipinski definition) is 4. The smallest absolute Gasteiger partial charge is 0.271 e. The van der Waals surface area contributed by atoms with Gasteiger partial charge in [0.2, 0.25) is 0 Å².